The molecule has 0 aromatic heterocycles. The van der Waals surface area contributed by atoms with E-state index < -0.39 is 18.5 Å². The molecule has 2 aromatic carbocycles. The number of nitrogens with one attached hydrogen (secondary N) is 1. The van der Waals surface area contributed by atoms with Gasteiger partial charge in [-0.25, -0.2) is 4.79 Å². The van der Waals surface area contributed by atoms with Gasteiger partial charge in [0.25, 0.3) is 5.91 Å². The van der Waals surface area contributed by atoms with E-state index in [0.29, 0.717) is 34.2 Å². The van der Waals surface area contributed by atoms with Crippen LogP contribution in [0.1, 0.15) is 5.56 Å². The lowest BCUT2D eigenvalue weighted by atomic mass is 10.1. The average Bonchev–Trinajstić information content (AvgIpc) is 2.75. The van der Waals surface area contributed by atoms with Crippen LogP contribution in [0.2, 0.25) is 0 Å². The minimum absolute atomic E-state index is 0.407. The number of hydrogen-bond donors (Lipinski definition) is 1. The Morgan fingerprint density at radius 1 is 0.931 bits per heavy atom. The summed E-state index contributed by atoms with van der Waals surface area (Å²) in [5, 5.41) is 2.62. The van der Waals surface area contributed by atoms with Crippen LogP contribution in [0.3, 0.4) is 0 Å². The summed E-state index contributed by atoms with van der Waals surface area (Å²) in [5.41, 5.74) is 1.04. The molecular weight excluding hydrogens is 378 g/mol. The third kappa shape index (κ3) is 5.90. The topological polar surface area (TPSA) is 92.3 Å². The Morgan fingerprint density at radius 3 is 2.34 bits per heavy atom. The highest BCUT2D eigenvalue weighted by molar-refractivity contribution is 5.96. The number of para-hydroxylation sites is 1. The summed E-state index contributed by atoms with van der Waals surface area (Å²) in [4.78, 5) is 24.0. The van der Waals surface area contributed by atoms with Crippen molar-refractivity contribution in [2.75, 3.05) is 40.4 Å². The van der Waals surface area contributed by atoms with Crippen molar-refractivity contribution in [2.24, 2.45) is 0 Å². The predicted molar refractivity (Wildman–Crippen MR) is 108 cm³/mol. The van der Waals surface area contributed by atoms with Crippen molar-refractivity contribution in [3.63, 3.8) is 0 Å². The molecule has 29 heavy (non-hydrogen) atoms. The van der Waals surface area contributed by atoms with Crippen molar-refractivity contribution in [1.82, 2.24) is 0 Å². The first kappa shape index (κ1) is 21.6. The minimum Gasteiger partial charge on any atom is -0.497 e. The molecule has 1 amide bonds. The molecule has 154 valence electrons. The van der Waals surface area contributed by atoms with Crippen LogP contribution in [0.15, 0.2) is 42.5 Å². The molecule has 0 unspecified atom stereocenters. The maximum absolute atomic E-state index is 12.1. The Labute approximate surface area is 169 Å². The van der Waals surface area contributed by atoms with E-state index in [4.69, 9.17) is 23.7 Å². The van der Waals surface area contributed by atoms with Gasteiger partial charge >= 0.3 is 5.97 Å². The zero-order valence-corrected chi connectivity index (χ0v) is 16.7. The maximum atomic E-state index is 12.1. The highest BCUT2D eigenvalue weighted by Gasteiger charge is 2.11. The van der Waals surface area contributed by atoms with Gasteiger partial charge in [0.1, 0.15) is 11.5 Å². The lowest BCUT2D eigenvalue weighted by Crippen LogP contribution is -2.20. The fourth-order valence-corrected chi connectivity index (χ4v) is 2.48. The maximum Gasteiger partial charge on any atom is 0.331 e. The van der Waals surface area contributed by atoms with Crippen molar-refractivity contribution in [2.45, 2.75) is 0 Å². The summed E-state index contributed by atoms with van der Waals surface area (Å²) in [7, 11) is 6.02. The summed E-state index contributed by atoms with van der Waals surface area (Å²) < 4.78 is 25.8. The quantitative estimate of drug-likeness (QED) is 0.510. The Hall–Kier alpha value is -3.68. The molecule has 0 saturated heterocycles. The third-order valence-corrected chi connectivity index (χ3v) is 3.86. The van der Waals surface area contributed by atoms with Gasteiger partial charge in [0, 0.05) is 17.7 Å². The summed E-state index contributed by atoms with van der Waals surface area (Å²) in [6.45, 7) is -0.460. The third-order valence-electron chi connectivity index (χ3n) is 3.86. The zero-order chi connectivity index (χ0) is 21.2. The van der Waals surface area contributed by atoms with E-state index in [-0.39, 0.29) is 0 Å². The molecule has 0 aliphatic heterocycles. The molecule has 1 N–H and O–H groups in total. The highest BCUT2D eigenvalue weighted by Crippen LogP contribution is 2.31. The second-order valence-electron chi connectivity index (χ2n) is 5.64. The van der Waals surface area contributed by atoms with Crippen molar-refractivity contribution in [3.05, 3.63) is 48.0 Å². The smallest absolute Gasteiger partial charge is 0.331 e. The number of benzene rings is 2. The average molecular weight is 401 g/mol. The number of carbonyl (C=O) groups excluding carboxylic acids is 2. The molecular formula is C21H23NO7. The molecule has 0 atom stereocenters. The van der Waals surface area contributed by atoms with Crippen LogP contribution in [0.4, 0.5) is 5.69 Å². The van der Waals surface area contributed by atoms with Crippen LogP contribution in [0, 0.1) is 0 Å². The number of rotatable bonds is 9. The molecule has 0 fully saturated rings. The van der Waals surface area contributed by atoms with E-state index in [9.17, 15) is 9.59 Å². The van der Waals surface area contributed by atoms with E-state index in [1.165, 1.54) is 40.6 Å². The molecule has 8 heteroatoms. The van der Waals surface area contributed by atoms with Crippen LogP contribution in [-0.4, -0.2) is 46.9 Å². The fraction of sp³-hybridized carbons (Fsp3) is 0.238. The van der Waals surface area contributed by atoms with E-state index in [1.807, 2.05) is 0 Å². The molecule has 0 heterocycles. The number of hydrogen-bond acceptors (Lipinski definition) is 7. The van der Waals surface area contributed by atoms with Crippen LogP contribution < -0.4 is 24.3 Å². The molecule has 2 aromatic rings. The van der Waals surface area contributed by atoms with Gasteiger partial charge in [-0.15, -0.1) is 0 Å². The molecule has 0 aliphatic rings. The van der Waals surface area contributed by atoms with Crippen LogP contribution >= 0.6 is 0 Å². The summed E-state index contributed by atoms with van der Waals surface area (Å²) in [5.74, 6) is 0.834. The van der Waals surface area contributed by atoms with Crippen molar-refractivity contribution in [3.8, 4) is 23.0 Å². The Balaban J connectivity index is 1.96. The first-order valence-corrected chi connectivity index (χ1v) is 8.60. The second kappa shape index (κ2) is 10.6. The van der Waals surface area contributed by atoms with Crippen molar-refractivity contribution < 1.29 is 33.3 Å². The zero-order valence-electron chi connectivity index (χ0n) is 16.7. The number of amides is 1. The van der Waals surface area contributed by atoms with Crippen LogP contribution in [0.25, 0.3) is 6.08 Å². The lowest BCUT2D eigenvalue weighted by Gasteiger charge is -2.11. The molecule has 0 spiro atoms. The number of carbonyl (C=O) groups is 2. The lowest BCUT2D eigenvalue weighted by molar-refractivity contribution is -0.142. The monoisotopic (exact) mass is 401 g/mol. The second-order valence-corrected chi connectivity index (χ2v) is 5.64. The molecule has 0 bridgehead atoms. The van der Waals surface area contributed by atoms with Crippen LogP contribution in [0.5, 0.6) is 23.0 Å². The van der Waals surface area contributed by atoms with Crippen molar-refractivity contribution in [1.29, 1.82) is 0 Å². The fourth-order valence-electron chi connectivity index (χ4n) is 2.48. The minimum atomic E-state index is -0.678. The molecule has 8 nitrogen and oxygen atoms in total. The van der Waals surface area contributed by atoms with Gasteiger partial charge in [-0.05, 0) is 24.3 Å². The first-order chi connectivity index (χ1) is 14.0. The van der Waals surface area contributed by atoms with Gasteiger partial charge in [0.05, 0.1) is 34.1 Å². The van der Waals surface area contributed by atoms with Gasteiger partial charge in [-0.2, -0.15) is 0 Å². The van der Waals surface area contributed by atoms with E-state index in [0.717, 1.165) is 0 Å². The largest absolute Gasteiger partial charge is 0.497 e. The normalized spacial score (nSPS) is 10.3. The van der Waals surface area contributed by atoms with Crippen molar-refractivity contribution >= 4 is 23.6 Å². The molecule has 2 rings (SSSR count). The number of ether oxygens (including phenoxy) is 5. The Kier molecular flexibility index (Phi) is 7.90. The SMILES string of the molecule is COc1ccc(OC)c(NC(=O)COC(=O)/C=C/c2cccc(OC)c2OC)c1. The Morgan fingerprint density at radius 2 is 1.69 bits per heavy atom. The molecule has 0 saturated carbocycles. The van der Waals surface area contributed by atoms with E-state index in [2.05, 4.69) is 5.32 Å². The number of anilines is 1. The number of esters is 1. The summed E-state index contributed by atoms with van der Waals surface area (Å²) in [6, 6.07) is 10.2. The van der Waals surface area contributed by atoms with E-state index >= 15 is 0 Å². The van der Waals surface area contributed by atoms with E-state index in [1.54, 1.807) is 36.4 Å². The predicted octanol–water partition coefficient (Wildman–Crippen LogP) is 2.92. The number of methoxy groups -OCH3 is 4. The standard InChI is InChI=1S/C21H23NO7/c1-25-15-9-10-17(26-2)16(12-15)22-19(23)13-29-20(24)11-8-14-6-5-7-18(27-3)21(14)28-4/h5-12H,13H2,1-4H3,(H,22,23)/b11-8+. The summed E-state index contributed by atoms with van der Waals surface area (Å²) >= 11 is 0. The van der Waals surface area contributed by atoms with Crippen LogP contribution in [-0.2, 0) is 14.3 Å². The molecule has 0 aliphatic carbocycles. The molecule has 0 radical (unpaired) electrons. The van der Waals surface area contributed by atoms with Gasteiger partial charge in [0.2, 0.25) is 0 Å². The first-order valence-electron chi connectivity index (χ1n) is 8.60. The Bertz CT molecular complexity index is 893. The van der Waals surface area contributed by atoms with Gasteiger partial charge in [-0.3, -0.25) is 4.79 Å². The van der Waals surface area contributed by atoms with Gasteiger partial charge in [-0.1, -0.05) is 12.1 Å². The van der Waals surface area contributed by atoms with Gasteiger partial charge < -0.3 is 29.0 Å². The van der Waals surface area contributed by atoms with Gasteiger partial charge in [0.15, 0.2) is 18.1 Å². The summed E-state index contributed by atoms with van der Waals surface area (Å²) in [6.07, 6.45) is 2.73. The highest BCUT2D eigenvalue weighted by atomic mass is 16.5.